The highest BCUT2D eigenvalue weighted by Crippen LogP contribution is 2.11. The highest BCUT2D eigenvalue weighted by molar-refractivity contribution is 5.91. The van der Waals surface area contributed by atoms with E-state index in [4.69, 9.17) is 4.74 Å². The number of nitrogens with zero attached hydrogens (tertiary/aromatic N) is 4. The van der Waals surface area contributed by atoms with Gasteiger partial charge in [-0.2, -0.15) is 5.10 Å². The molecule has 1 amide bonds. The van der Waals surface area contributed by atoms with Crippen LogP contribution in [0.25, 0.3) is 0 Å². The number of hydrogen-bond donors (Lipinski definition) is 2. The Bertz CT molecular complexity index is 571. The Morgan fingerprint density at radius 2 is 2.29 bits per heavy atom. The quantitative estimate of drug-likeness (QED) is 0.752. The number of nitrogens with one attached hydrogen (secondary N) is 2. The first-order valence-corrected chi connectivity index (χ1v) is 6.46. The number of methoxy groups -OCH3 is 1. The van der Waals surface area contributed by atoms with Crippen LogP contribution in [0, 0.1) is 0 Å². The Balaban J connectivity index is 1.90. The number of aromatic nitrogens is 4. The molecule has 2 N–H and O–H groups in total. The van der Waals surface area contributed by atoms with Gasteiger partial charge in [0.15, 0.2) is 5.82 Å². The summed E-state index contributed by atoms with van der Waals surface area (Å²) in [6.45, 7) is 0.577. The number of anilines is 1. The van der Waals surface area contributed by atoms with Crippen molar-refractivity contribution in [3.05, 3.63) is 36.5 Å². The van der Waals surface area contributed by atoms with Gasteiger partial charge in [-0.15, -0.1) is 0 Å². The number of ether oxygens (including phenoxy) is 1. The van der Waals surface area contributed by atoms with Gasteiger partial charge in [0.2, 0.25) is 5.91 Å². The highest BCUT2D eigenvalue weighted by Gasteiger charge is 2.15. The van der Waals surface area contributed by atoms with Crippen LogP contribution in [-0.4, -0.2) is 45.9 Å². The van der Waals surface area contributed by atoms with E-state index in [2.05, 4.69) is 25.7 Å². The summed E-state index contributed by atoms with van der Waals surface area (Å²) in [6.07, 6.45) is 6.27. The number of carbonyl (C=O) groups is 1. The molecule has 2 rings (SSSR count). The molecule has 0 radical (unpaired) electrons. The Morgan fingerprint density at radius 1 is 1.43 bits per heavy atom. The molecular weight excluding hydrogens is 272 g/mol. The fourth-order valence-electron chi connectivity index (χ4n) is 1.91. The number of aryl methyl sites for hydroxylation is 1. The van der Waals surface area contributed by atoms with Crippen molar-refractivity contribution in [2.24, 2.45) is 7.05 Å². The third kappa shape index (κ3) is 4.33. The molecular formula is C13H18N6O2. The van der Waals surface area contributed by atoms with E-state index in [1.54, 1.807) is 24.2 Å². The van der Waals surface area contributed by atoms with Crippen LogP contribution in [0.15, 0.2) is 30.9 Å². The van der Waals surface area contributed by atoms with Crippen molar-refractivity contribution < 1.29 is 9.53 Å². The molecule has 1 atom stereocenters. The second-order valence-corrected chi connectivity index (χ2v) is 4.41. The smallest absolute Gasteiger partial charge is 0.239 e. The van der Waals surface area contributed by atoms with Gasteiger partial charge in [-0.1, -0.05) is 0 Å². The van der Waals surface area contributed by atoms with Gasteiger partial charge in [0.05, 0.1) is 31.1 Å². The van der Waals surface area contributed by atoms with Crippen molar-refractivity contribution in [2.75, 3.05) is 25.6 Å². The molecule has 2 heterocycles. The first-order chi connectivity index (χ1) is 10.2. The van der Waals surface area contributed by atoms with Crippen LogP contribution < -0.4 is 10.6 Å². The molecule has 2 aromatic heterocycles. The maximum Gasteiger partial charge on any atom is 0.239 e. The van der Waals surface area contributed by atoms with Crippen LogP contribution in [0.1, 0.15) is 11.7 Å². The summed E-state index contributed by atoms with van der Waals surface area (Å²) in [5.41, 5.74) is 0.948. The van der Waals surface area contributed by atoms with Gasteiger partial charge >= 0.3 is 0 Å². The Morgan fingerprint density at radius 3 is 2.90 bits per heavy atom. The molecule has 0 bridgehead atoms. The Kier molecular flexibility index (Phi) is 5.35. The van der Waals surface area contributed by atoms with Crippen LogP contribution in [0.4, 0.5) is 5.82 Å². The topological polar surface area (TPSA) is 94.0 Å². The molecule has 0 unspecified atom stereocenters. The lowest BCUT2D eigenvalue weighted by Crippen LogP contribution is -2.34. The maximum atomic E-state index is 11.9. The summed E-state index contributed by atoms with van der Waals surface area (Å²) >= 11 is 0. The van der Waals surface area contributed by atoms with Gasteiger partial charge in [-0.25, -0.2) is 4.98 Å². The van der Waals surface area contributed by atoms with E-state index in [1.807, 2.05) is 13.1 Å². The monoisotopic (exact) mass is 290 g/mol. The molecule has 21 heavy (non-hydrogen) atoms. The van der Waals surface area contributed by atoms with Crippen LogP contribution in [0.2, 0.25) is 0 Å². The van der Waals surface area contributed by atoms with E-state index in [0.717, 1.165) is 5.69 Å². The van der Waals surface area contributed by atoms with Crippen molar-refractivity contribution in [1.82, 2.24) is 25.1 Å². The molecule has 8 heteroatoms. The van der Waals surface area contributed by atoms with Gasteiger partial charge in [0.25, 0.3) is 0 Å². The molecule has 112 valence electrons. The number of hydrogen-bond acceptors (Lipinski definition) is 6. The fraction of sp³-hybridized carbons (Fsp3) is 0.385. The standard InChI is InChI=1S/C13H18N6O2/c1-19-11(3-4-17-19)10(9-21-2)16-8-13(20)18-12-7-14-5-6-15-12/h3-7,10,16H,8-9H2,1-2H3,(H,15,18,20)/t10-/m1/s1. The average molecular weight is 290 g/mol. The van der Waals surface area contributed by atoms with Crippen molar-refractivity contribution in [1.29, 1.82) is 0 Å². The molecule has 0 spiro atoms. The predicted octanol–water partition coefficient (Wildman–Crippen LogP) is 0.126. The van der Waals surface area contributed by atoms with Crippen molar-refractivity contribution in [3.8, 4) is 0 Å². The molecule has 0 aliphatic heterocycles. The third-order valence-electron chi connectivity index (χ3n) is 2.89. The van der Waals surface area contributed by atoms with E-state index in [0.29, 0.717) is 12.4 Å². The summed E-state index contributed by atoms with van der Waals surface area (Å²) < 4.78 is 6.92. The van der Waals surface area contributed by atoms with Crippen molar-refractivity contribution >= 4 is 11.7 Å². The minimum atomic E-state index is -0.196. The summed E-state index contributed by atoms with van der Waals surface area (Å²) in [6, 6.07) is 1.77. The molecule has 0 saturated carbocycles. The zero-order valence-corrected chi connectivity index (χ0v) is 12.0. The van der Waals surface area contributed by atoms with Gasteiger partial charge < -0.3 is 10.1 Å². The van der Waals surface area contributed by atoms with E-state index >= 15 is 0 Å². The zero-order chi connectivity index (χ0) is 15.1. The number of rotatable bonds is 7. The Labute approximate surface area is 122 Å². The van der Waals surface area contributed by atoms with Gasteiger partial charge in [-0.05, 0) is 6.07 Å². The van der Waals surface area contributed by atoms with Gasteiger partial charge in [-0.3, -0.25) is 19.8 Å². The summed E-state index contributed by atoms with van der Waals surface area (Å²) in [5.74, 6) is 0.229. The highest BCUT2D eigenvalue weighted by atomic mass is 16.5. The number of carbonyl (C=O) groups excluding carboxylic acids is 1. The summed E-state index contributed by atoms with van der Waals surface area (Å²) in [4.78, 5) is 19.7. The first-order valence-electron chi connectivity index (χ1n) is 6.46. The zero-order valence-electron chi connectivity index (χ0n) is 12.0. The minimum Gasteiger partial charge on any atom is -0.383 e. The SMILES string of the molecule is COC[C@@H](NCC(=O)Nc1cnccn1)c1ccnn1C. The molecule has 0 fully saturated rings. The fourth-order valence-corrected chi connectivity index (χ4v) is 1.91. The predicted molar refractivity (Wildman–Crippen MR) is 76.5 cm³/mol. The minimum absolute atomic E-state index is 0.116. The van der Waals surface area contributed by atoms with Crippen LogP contribution in [0.5, 0.6) is 0 Å². The lowest BCUT2D eigenvalue weighted by atomic mass is 10.2. The summed E-state index contributed by atoms with van der Waals surface area (Å²) in [7, 11) is 3.46. The van der Waals surface area contributed by atoms with E-state index < -0.39 is 0 Å². The molecule has 0 aromatic carbocycles. The second-order valence-electron chi connectivity index (χ2n) is 4.41. The van der Waals surface area contributed by atoms with E-state index in [1.165, 1.54) is 12.4 Å². The number of amides is 1. The lowest BCUT2D eigenvalue weighted by Gasteiger charge is -2.17. The van der Waals surface area contributed by atoms with Gasteiger partial charge in [0.1, 0.15) is 0 Å². The maximum absolute atomic E-state index is 11.9. The second kappa shape index (κ2) is 7.46. The molecule has 0 saturated heterocycles. The summed E-state index contributed by atoms with van der Waals surface area (Å²) in [5, 5.41) is 9.92. The molecule has 0 aliphatic carbocycles. The van der Waals surface area contributed by atoms with E-state index in [-0.39, 0.29) is 18.5 Å². The average Bonchev–Trinajstić information content (AvgIpc) is 2.90. The Hall–Kier alpha value is -2.32. The molecule has 8 nitrogen and oxygen atoms in total. The third-order valence-corrected chi connectivity index (χ3v) is 2.89. The molecule has 0 aliphatic rings. The first kappa shape index (κ1) is 15.1. The van der Waals surface area contributed by atoms with Crippen LogP contribution in [0.3, 0.4) is 0 Å². The molecule has 2 aromatic rings. The largest absolute Gasteiger partial charge is 0.383 e. The van der Waals surface area contributed by atoms with Gasteiger partial charge in [0, 0.05) is 32.7 Å². The van der Waals surface area contributed by atoms with E-state index in [9.17, 15) is 4.79 Å². The van der Waals surface area contributed by atoms with Crippen molar-refractivity contribution in [3.63, 3.8) is 0 Å². The van der Waals surface area contributed by atoms with Crippen LogP contribution >= 0.6 is 0 Å². The lowest BCUT2D eigenvalue weighted by molar-refractivity contribution is -0.115. The van der Waals surface area contributed by atoms with Crippen molar-refractivity contribution in [2.45, 2.75) is 6.04 Å². The normalized spacial score (nSPS) is 12.1. The van der Waals surface area contributed by atoms with Crippen LogP contribution in [-0.2, 0) is 16.6 Å².